The number of benzene rings is 2. The molecule has 0 aliphatic carbocycles. The number of hydrogen-bond acceptors (Lipinski definition) is 3. The molecule has 1 atom stereocenters. The summed E-state index contributed by atoms with van der Waals surface area (Å²) in [7, 11) is 0. The fraction of sp³-hybridized carbons (Fsp3) is 0.250. The van der Waals surface area contributed by atoms with Gasteiger partial charge in [-0.3, -0.25) is 9.59 Å². The van der Waals surface area contributed by atoms with Crippen molar-refractivity contribution in [2.45, 2.75) is 38.8 Å². The molecule has 6 heteroatoms. The quantitative estimate of drug-likeness (QED) is 0.522. The minimum absolute atomic E-state index is 0.0939. The minimum atomic E-state index is -1.23. The zero-order valence-corrected chi connectivity index (χ0v) is 16.9. The third kappa shape index (κ3) is 4.66. The number of ketones is 1. The molecule has 5 nitrogen and oxygen atoms in total. The highest BCUT2D eigenvalue weighted by atomic mass is 19.1. The predicted molar refractivity (Wildman–Crippen MR) is 115 cm³/mol. The number of aliphatic carboxylic acids is 1. The number of aliphatic hydroxyl groups is 1. The van der Waals surface area contributed by atoms with E-state index >= 15 is 0 Å². The fourth-order valence-corrected chi connectivity index (χ4v) is 3.67. The van der Waals surface area contributed by atoms with Crippen molar-refractivity contribution >= 4 is 28.7 Å². The van der Waals surface area contributed by atoms with E-state index in [9.17, 15) is 19.1 Å². The van der Waals surface area contributed by atoms with Crippen LogP contribution < -0.4 is 0 Å². The average Bonchev–Trinajstić information content (AvgIpc) is 3.00. The van der Waals surface area contributed by atoms with Crippen LogP contribution in [0.15, 0.2) is 54.6 Å². The highest BCUT2D eigenvalue weighted by Crippen LogP contribution is 2.37. The molecule has 0 aliphatic rings. The van der Waals surface area contributed by atoms with E-state index in [-0.39, 0.29) is 24.1 Å². The lowest BCUT2D eigenvalue weighted by Gasteiger charge is -2.14. The monoisotopic (exact) mass is 409 g/mol. The third-order valence-corrected chi connectivity index (χ3v) is 4.87. The topological polar surface area (TPSA) is 79.5 Å². The van der Waals surface area contributed by atoms with Gasteiger partial charge in [-0.25, -0.2) is 4.39 Å². The van der Waals surface area contributed by atoms with E-state index in [0.29, 0.717) is 0 Å². The second-order valence-electron chi connectivity index (χ2n) is 7.50. The maximum Gasteiger partial charge on any atom is 0.305 e. The number of halogens is 1. The first-order chi connectivity index (χ1) is 14.3. The molecule has 2 N–H and O–H groups in total. The Morgan fingerprint density at radius 3 is 2.37 bits per heavy atom. The van der Waals surface area contributed by atoms with Crippen LogP contribution in [0.4, 0.5) is 4.39 Å². The summed E-state index contributed by atoms with van der Waals surface area (Å²) in [5, 5.41) is 19.5. The van der Waals surface area contributed by atoms with Gasteiger partial charge in [-0.2, -0.15) is 0 Å². The maximum absolute atomic E-state index is 13.5. The van der Waals surface area contributed by atoms with E-state index < -0.39 is 18.5 Å². The van der Waals surface area contributed by atoms with Gasteiger partial charge >= 0.3 is 5.97 Å². The van der Waals surface area contributed by atoms with E-state index in [1.807, 2.05) is 38.1 Å². The summed E-state index contributed by atoms with van der Waals surface area (Å²) < 4.78 is 15.6. The minimum Gasteiger partial charge on any atom is -0.481 e. The van der Waals surface area contributed by atoms with E-state index in [2.05, 4.69) is 4.57 Å². The number of para-hydroxylation sites is 1. The van der Waals surface area contributed by atoms with Crippen molar-refractivity contribution in [1.29, 1.82) is 0 Å². The molecule has 0 fully saturated rings. The molecule has 0 saturated heterocycles. The van der Waals surface area contributed by atoms with Crippen molar-refractivity contribution in [3.8, 4) is 11.1 Å². The first kappa shape index (κ1) is 21.5. The Hall–Kier alpha value is -3.25. The normalized spacial score (nSPS) is 12.7. The Morgan fingerprint density at radius 1 is 1.07 bits per heavy atom. The third-order valence-electron chi connectivity index (χ3n) is 4.87. The summed E-state index contributed by atoms with van der Waals surface area (Å²) in [5.41, 5.74) is 3.49. The Bertz CT molecular complexity index is 1100. The standard InChI is InChI=1S/C24H24FNO4/c1-15(2)26-21-6-4-3-5-20(21)24(16-7-9-17(25)10-8-16)22(26)12-11-18(27)13-19(28)14-23(29)30/h3-12,15,19,28H,13-14H2,1-2H3,(H,29,30)/t19-/m1/s1. The number of carboxylic acids is 1. The van der Waals surface area contributed by atoms with Crippen molar-refractivity contribution in [3.05, 3.63) is 66.1 Å². The van der Waals surface area contributed by atoms with Crippen LogP contribution in [0.5, 0.6) is 0 Å². The first-order valence-electron chi connectivity index (χ1n) is 9.77. The number of hydrogen-bond donors (Lipinski definition) is 2. The Kier molecular flexibility index (Phi) is 6.47. The average molecular weight is 409 g/mol. The number of carbonyl (C=O) groups is 2. The van der Waals surface area contributed by atoms with Gasteiger partial charge in [-0.05, 0) is 49.8 Å². The molecular weight excluding hydrogens is 385 g/mol. The molecule has 2 aromatic carbocycles. The molecule has 156 valence electrons. The van der Waals surface area contributed by atoms with Gasteiger partial charge in [-0.15, -0.1) is 0 Å². The van der Waals surface area contributed by atoms with Gasteiger partial charge in [0.25, 0.3) is 0 Å². The van der Waals surface area contributed by atoms with Crippen LogP contribution in [0.25, 0.3) is 28.1 Å². The number of nitrogens with zero attached hydrogens (tertiary/aromatic N) is 1. The van der Waals surface area contributed by atoms with E-state index in [0.717, 1.165) is 27.7 Å². The lowest BCUT2D eigenvalue weighted by atomic mass is 10.0. The van der Waals surface area contributed by atoms with Crippen molar-refractivity contribution in [2.24, 2.45) is 0 Å². The first-order valence-corrected chi connectivity index (χ1v) is 9.77. The molecule has 3 aromatic rings. The molecule has 0 spiro atoms. The Balaban J connectivity index is 2.09. The summed E-state index contributed by atoms with van der Waals surface area (Å²) in [6, 6.07) is 14.2. The molecular formula is C24H24FNO4. The van der Waals surface area contributed by atoms with Crippen LogP contribution in [0.3, 0.4) is 0 Å². The second kappa shape index (κ2) is 9.05. The van der Waals surface area contributed by atoms with E-state index in [1.165, 1.54) is 18.2 Å². The summed E-state index contributed by atoms with van der Waals surface area (Å²) >= 11 is 0. The number of carbonyl (C=O) groups excluding carboxylic acids is 1. The van der Waals surface area contributed by atoms with Crippen LogP contribution in [-0.2, 0) is 9.59 Å². The van der Waals surface area contributed by atoms with Crippen molar-refractivity contribution in [2.75, 3.05) is 0 Å². The highest BCUT2D eigenvalue weighted by Gasteiger charge is 2.19. The number of fused-ring (bicyclic) bond motifs is 1. The number of aromatic nitrogens is 1. The van der Waals surface area contributed by atoms with Gasteiger partial charge in [0.1, 0.15) is 5.82 Å². The number of aliphatic hydroxyl groups excluding tert-OH is 1. The van der Waals surface area contributed by atoms with Crippen LogP contribution in [0.2, 0.25) is 0 Å². The molecule has 1 aromatic heterocycles. The molecule has 30 heavy (non-hydrogen) atoms. The molecule has 3 rings (SSSR count). The SMILES string of the molecule is CC(C)n1c(C=CC(=O)C[C@@H](O)CC(=O)O)c(-c2ccc(F)cc2)c2ccccc21. The molecule has 0 unspecified atom stereocenters. The zero-order valence-electron chi connectivity index (χ0n) is 16.9. The maximum atomic E-state index is 13.5. The van der Waals surface area contributed by atoms with Gasteiger partial charge in [0.15, 0.2) is 5.78 Å². The number of rotatable bonds is 8. The van der Waals surface area contributed by atoms with Crippen LogP contribution in [0, 0.1) is 5.82 Å². The Labute approximate surface area is 174 Å². The van der Waals surface area contributed by atoms with Crippen molar-refractivity contribution < 1.29 is 24.2 Å². The lowest BCUT2D eigenvalue weighted by molar-refractivity contribution is -0.139. The summed E-state index contributed by atoms with van der Waals surface area (Å²) in [6.45, 7) is 4.08. The fourth-order valence-electron chi connectivity index (χ4n) is 3.67. The molecule has 0 amide bonds. The van der Waals surface area contributed by atoms with Crippen molar-refractivity contribution in [1.82, 2.24) is 4.57 Å². The van der Waals surface area contributed by atoms with Crippen LogP contribution >= 0.6 is 0 Å². The zero-order chi connectivity index (χ0) is 21.8. The van der Waals surface area contributed by atoms with E-state index in [1.54, 1.807) is 18.2 Å². The lowest BCUT2D eigenvalue weighted by Crippen LogP contribution is -2.16. The van der Waals surface area contributed by atoms with Gasteiger partial charge in [-0.1, -0.05) is 30.3 Å². The number of allylic oxidation sites excluding steroid dienone is 1. The Morgan fingerprint density at radius 2 is 1.73 bits per heavy atom. The molecule has 0 radical (unpaired) electrons. The predicted octanol–water partition coefficient (Wildman–Crippen LogP) is 4.84. The number of carboxylic acid groups (broad SMARTS) is 1. The van der Waals surface area contributed by atoms with Gasteiger partial charge in [0.2, 0.25) is 0 Å². The van der Waals surface area contributed by atoms with Crippen LogP contribution in [-0.4, -0.2) is 32.6 Å². The second-order valence-corrected chi connectivity index (χ2v) is 7.50. The van der Waals surface area contributed by atoms with Gasteiger partial charge in [0.05, 0.1) is 18.2 Å². The van der Waals surface area contributed by atoms with E-state index in [4.69, 9.17) is 5.11 Å². The summed E-state index contributed by atoms with van der Waals surface area (Å²) in [4.78, 5) is 23.0. The summed E-state index contributed by atoms with van der Waals surface area (Å²) in [6.07, 6.45) is 1.08. The van der Waals surface area contributed by atoms with Crippen LogP contribution in [0.1, 0.15) is 38.4 Å². The smallest absolute Gasteiger partial charge is 0.305 e. The largest absolute Gasteiger partial charge is 0.481 e. The van der Waals surface area contributed by atoms with Gasteiger partial charge < -0.3 is 14.8 Å². The van der Waals surface area contributed by atoms with Gasteiger partial charge in [0, 0.05) is 28.9 Å². The molecule has 1 heterocycles. The highest BCUT2D eigenvalue weighted by molar-refractivity contribution is 6.03. The molecule has 0 aliphatic heterocycles. The molecule has 0 bridgehead atoms. The van der Waals surface area contributed by atoms with Crippen molar-refractivity contribution in [3.63, 3.8) is 0 Å². The summed E-state index contributed by atoms with van der Waals surface area (Å²) in [5.74, 6) is -1.85. The molecule has 0 saturated carbocycles.